The van der Waals surface area contributed by atoms with Gasteiger partial charge in [0.05, 0.1) is 5.71 Å². The zero-order valence-electron chi connectivity index (χ0n) is 10.1. The Morgan fingerprint density at radius 2 is 1.87 bits per heavy atom. The number of rotatable bonds is 2. The fourth-order valence-electron chi connectivity index (χ4n) is 1.46. The molecule has 0 aromatic carbocycles. The van der Waals surface area contributed by atoms with Crippen LogP contribution in [0.25, 0.3) is 0 Å². The quantitative estimate of drug-likeness (QED) is 0.541. The van der Waals surface area contributed by atoms with Gasteiger partial charge in [0.25, 0.3) is 0 Å². The second-order valence-electron chi connectivity index (χ2n) is 4.98. The summed E-state index contributed by atoms with van der Waals surface area (Å²) < 4.78 is 21.1. The monoisotopic (exact) mass is 231 g/mol. The average Bonchev–Trinajstić information content (AvgIpc) is 2.17. The third-order valence-corrected chi connectivity index (χ3v) is 4.06. The molecule has 1 aliphatic rings. The van der Waals surface area contributed by atoms with Crippen molar-refractivity contribution in [3.63, 3.8) is 0 Å². The predicted molar refractivity (Wildman–Crippen MR) is 64.5 cm³/mol. The van der Waals surface area contributed by atoms with Gasteiger partial charge in [-0.3, -0.25) is 0 Å². The Hall–Kier alpha value is -0.0600. The molecule has 1 rings (SSSR count). The normalized spacial score (nSPS) is 22.9. The second-order valence-corrected chi connectivity index (χ2v) is 6.89. The molecule has 88 valence electrons. The average molecular weight is 231 g/mol. The summed E-state index contributed by atoms with van der Waals surface area (Å²) in [5.41, 5.74) is 1.02. The van der Waals surface area contributed by atoms with Crippen LogP contribution in [-0.2, 0) is 16.1 Å². The first-order chi connectivity index (χ1) is 6.91. The number of hydrogen-bond donors (Lipinski definition) is 0. The minimum absolute atomic E-state index is 0.258. The highest BCUT2D eigenvalue weighted by atomic mass is 32.2. The van der Waals surface area contributed by atoms with Crippen LogP contribution in [0.5, 0.6) is 0 Å². The van der Waals surface area contributed by atoms with Crippen molar-refractivity contribution in [2.75, 3.05) is 13.2 Å². The summed E-state index contributed by atoms with van der Waals surface area (Å²) in [6.07, 6.45) is 2.02. The van der Waals surface area contributed by atoms with Crippen molar-refractivity contribution in [1.29, 1.82) is 0 Å². The first-order valence-electron chi connectivity index (χ1n) is 5.46. The van der Waals surface area contributed by atoms with Crippen LogP contribution in [0, 0.1) is 5.92 Å². The van der Waals surface area contributed by atoms with E-state index in [1.54, 1.807) is 0 Å². The van der Waals surface area contributed by atoms with Gasteiger partial charge in [0.15, 0.2) is 0 Å². The van der Waals surface area contributed by atoms with Crippen LogP contribution >= 0.6 is 0 Å². The summed E-state index contributed by atoms with van der Waals surface area (Å²) >= 11 is -1.12. The van der Waals surface area contributed by atoms with Crippen molar-refractivity contribution in [1.82, 2.24) is 0 Å². The van der Waals surface area contributed by atoms with Gasteiger partial charge < -0.3 is 9.29 Å². The summed E-state index contributed by atoms with van der Waals surface area (Å²) in [6, 6.07) is 0. The molecule has 0 saturated carbocycles. The third-order valence-electron chi connectivity index (χ3n) is 2.56. The lowest BCUT2D eigenvalue weighted by atomic mass is 9.96. The first kappa shape index (κ1) is 13.0. The lowest BCUT2D eigenvalue weighted by molar-refractivity contribution is 0.0827. The molecule has 1 aliphatic heterocycles. The van der Waals surface area contributed by atoms with Crippen LogP contribution in [-0.4, -0.2) is 28.2 Å². The maximum absolute atomic E-state index is 11.8. The van der Waals surface area contributed by atoms with Gasteiger partial charge in [0.1, 0.15) is 16.1 Å². The summed E-state index contributed by atoms with van der Waals surface area (Å²) in [7, 11) is 0. The van der Waals surface area contributed by atoms with E-state index in [2.05, 4.69) is 4.40 Å². The molecule has 0 aromatic heterocycles. The van der Waals surface area contributed by atoms with E-state index < -0.39 is 11.4 Å². The Labute approximate surface area is 95.6 Å². The molecule has 4 heteroatoms. The number of ether oxygens (including phenoxy) is 1. The predicted octanol–water partition coefficient (Wildman–Crippen LogP) is 2.34. The number of nitrogens with zero attached hydrogens (tertiary/aromatic N) is 1. The molecule has 0 radical (unpaired) electrons. The van der Waals surface area contributed by atoms with Gasteiger partial charge in [-0.25, -0.2) is 0 Å². The highest BCUT2D eigenvalue weighted by Crippen LogP contribution is 2.21. The second kappa shape index (κ2) is 5.32. The van der Waals surface area contributed by atoms with Crippen molar-refractivity contribution >= 4 is 17.1 Å². The minimum atomic E-state index is -1.12. The van der Waals surface area contributed by atoms with Crippen LogP contribution in [0.2, 0.25) is 0 Å². The molecule has 1 heterocycles. The zero-order valence-corrected chi connectivity index (χ0v) is 10.9. The summed E-state index contributed by atoms with van der Waals surface area (Å²) in [6.45, 7) is 9.44. The molecule has 0 bridgehead atoms. The van der Waals surface area contributed by atoms with E-state index in [4.69, 9.17) is 4.74 Å². The van der Waals surface area contributed by atoms with Crippen molar-refractivity contribution in [2.45, 2.75) is 45.3 Å². The molecule has 0 N–H and O–H groups in total. The molecule has 0 amide bonds. The van der Waals surface area contributed by atoms with Crippen molar-refractivity contribution in [2.24, 2.45) is 10.3 Å². The Kier molecular flexibility index (Phi) is 4.62. The van der Waals surface area contributed by atoms with Crippen LogP contribution in [0.15, 0.2) is 4.40 Å². The Balaban J connectivity index is 2.57. The molecule has 0 unspecified atom stereocenters. The van der Waals surface area contributed by atoms with Crippen LogP contribution in [0.3, 0.4) is 0 Å². The van der Waals surface area contributed by atoms with Gasteiger partial charge in [0.2, 0.25) is 0 Å². The molecule has 0 spiro atoms. The zero-order chi connectivity index (χ0) is 11.5. The van der Waals surface area contributed by atoms with Crippen molar-refractivity contribution in [3.05, 3.63) is 0 Å². The largest absolute Gasteiger partial charge is 0.591 e. The van der Waals surface area contributed by atoms with Gasteiger partial charge in [-0.15, -0.1) is 0 Å². The highest BCUT2D eigenvalue weighted by molar-refractivity contribution is 7.91. The van der Waals surface area contributed by atoms with Crippen molar-refractivity contribution in [3.8, 4) is 0 Å². The molecule has 1 atom stereocenters. The maximum atomic E-state index is 11.8. The van der Waals surface area contributed by atoms with Gasteiger partial charge in [-0.05, 0) is 40.5 Å². The number of hydrogen-bond acceptors (Lipinski definition) is 3. The van der Waals surface area contributed by atoms with Gasteiger partial charge in [-0.2, -0.15) is 0 Å². The smallest absolute Gasteiger partial charge is 0.144 e. The first-order valence-corrected chi connectivity index (χ1v) is 6.57. The van der Waals surface area contributed by atoms with Crippen molar-refractivity contribution < 1.29 is 9.29 Å². The highest BCUT2D eigenvalue weighted by Gasteiger charge is 2.28. The van der Waals surface area contributed by atoms with E-state index in [9.17, 15) is 4.55 Å². The summed E-state index contributed by atoms with van der Waals surface area (Å²) in [4.78, 5) is 0. The summed E-state index contributed by atoms with van der Waals surface area (Å²) in [5, 5.41) is 0. The minimum Gasteiger partial charge on any atom is -0.591 e. The summed E-state index contributed by atoms with van der Waals surface area (Å²) in [5.74, 6) is 0.463. The lowest BCUT2D eigenvalue weighted by Crippen LogP contribution is -2.29. The molecule has 1 saturated heterocycles. The standard InChI is InChI=1S/C11H21NO2S/c1-9(10-5-7-14-8-6-10)12-15(13)11(2,3)4/h10H,5-8H2,1-4H3/b12-9+/t15-/m1/s1. The van der Waals surface area contributed by atoms with Gasteiger partial charge in [-0.1, -0.05) is 4.40 Å². The molecule has 0 aromatic rings. The topological polar surface area (TPSA) is 44.7 Å². The van der Waals surface area contributed by atoms with E-state index in [1.165, 1.54) is 0 Å². The lowest BCUT2D eigenvalue weighted by Gasteiger charge is -2.23. The van der Waals surface area contributed by atoms with Gasteiger partial charge in [0, 0.05) is 19.1 Å². The van der Waals surface area contributed by atoms with Crippen LogP contribution in [0.1, 0.15) is 40.5 Å². The van der Waals surface area contributed by atoms with E-state index in [0.717, 1.165) is 31.8 Å². The maximum Gasteiger partial charge on any atom is 0.144 e. The SMILES string of the molecule is C/C(=N\[S@+]([O-])C(C)(C)C)C1CCOCC1. The van der Waals surface area contributed by atoms with E-state index in [-0.39, 0.29) is 4.75 Å². The van der Waals surface area contributed by atoms with E-state index in [1.807, 2.05) is 27.7 Å². The van der Waals surface area contributed by atoms with E-state index in [0.29, 0.717) is 5.92 Å². The Bertz CT molecular complexity index is 229. The Morgan fingerprint density at radius 1 is 1.33 bits per heavy atom. The molecule has 0 aliphatic carbocycles. The molecular formula is C11H21NO2S. The molecule has 3 nitrogen and oxygen atoms in total. The molecular weight excluding hydrogens is 210 g/mol. The van der Waals surface area contributed by atoms with Gasteiger partial charge >= 0.3 is 0 Å². The molecule has 1 fully saturated rings. The van der Waals surface area contributed by atoms with E-state index >= 15 is 0 Å². The third kappa shape index (κ3) is 4.13. The van der Waals surface area contributed by atoms with Crippen LogP contribution < -0.4 is 0 Å². The fourth-order valence-corrected chi connectivity index (χ4v) is 2.14. The fraction of sp³-hybridized carbons (Fsp3) is 0.909. The Morgan fingerprint density at radius 3 is 2.33 bits per heavy atom. The molecule has 15 heavy (non-hydrogen) atoms. The van der Waals surface area contributed by atoms with Crippen LogP contribution in [0.4, 0.5) is 0 Å².